The topological polar surface area (TPSA) is 43.4 Å². The van der Waals surface area contributed by atoms with E-state index in [-0.39, 0.29) is 16.9 Å². The lowest BCUT2D eigenvalue weighted by atomic mass is 9.74. The third-order valence-electron chi connectivity index (χ3n) is 20.3. The van der Waals surface area contributed by atoms with Gasteiger partial charge < -0.3 is 4.74 Å². The van der Waals surface area contributed by atoms with Gasteiger partial charge in [0, 0.05) is 20.9 Å². The second-order valence-corrected chi connectivity index (χ2v) is 29.6. The molecule has 0 atom stereocenters. The first-order valence-corrected chi connectivity index (χ1v) is 35.9. The van der Waals surface area contributed by atoms with Crippen LogP contribution in [-0.4, -0.2) is 16.2 Å². The smallest absolute Gasteiger partial charge is 0.402 e. The van der Waals surface area contributed by atoms with Gasteiger partial charge in [0.25, 0.3) is 0 Å². The van der Waals surface area contributed by atoms with Crippen LogP contribution in [0.5, 0.6) is 11.5 Å². The summed E-state index contributed by atoms with van der Waals surface area (Å²) in [6.45, 7) is 50.8. The van der Waals surface area contributed by atoms with E-state index in [0.717, 1.165) is 65.8 Å². The fourth-order valence-electron chi connectivity index (χ4n) is 11.0. The Morgan fingerprint density at radius 3 is 0.772 bits per heavy atom. The van der Waals surface area contributed by atoms with Gasteiger partial charge in [0.2, 0.25) is 0 Å². The van der Waals surface area contributed by atoms with E-state index in [9.17, 15) is 22.2 Å². The lowest BCUT2D eigenvalue weighted by molar-refractivity contribution is -0.173. The Morgan fingerprint density at radius 2 is 0.505 bits per heavy atom. The quantitative estimate of drug-likeness (QED) is 0.135. The average Bonchev–Trinajstić information content (AvgIpc) is 0.750. The van der Waals surface area contributed by atoms with E-state index in [2.05, 4.69) is 197 Å². The Hall–Kier alpha value is -9.17. The van der Waals surface area contributed by atoms with Gasteiger partial charge in [-0.1, -0.05) is 133 Å². The zero-order chi connectivity index (χ0) is 75.1. The number of carbonyl (C=O) groups is 1. The minimum absolute atomic E-state index is 0.0983. The van der Waals surface area contributed by atoms with Crippen LogP contribution in [0.15, 0.2) is 204 Å². The predicted molar refractivity (Wildman–Crippen MR) is 424 cm³/mol. The Kier molecular flexibility index (Phi) is 28.3. The molecule has 11 aromatic carbocycles. The van der Waals surface area contributed by atoms with Crippen LogP contribution in [0, 0.1) is 166 Å². The minimum atomic E-state index is -4.36. The lowest BCUT2D eigenvalue weighted by Crippen LogP contribution is -2.40. The average molecular weight is 1370 g/mol. The van der Waals surface area contributed by atoms with Gasteiger partial charge in [0.1, 0.15) is 16.9 Å². The van der Waals surface area contributed by atoms with E-state index >= 15 is 0 Å². The van der Waals surface area contributed by atoms with Gasteiger partial charge in [-0.15, -0.1) is 0 Å². The molecule has 7 heteroatoms. The Labute approximate surface area is 606 Å². The molecule has 0 saturated carbocycles. The molecule has 0 heterocycles. The fourth-order valence-corrected chi connectivity index (χ4v) is 12.2. The summed E-state index contributed by atoms with van der Waals surface area (Å²) in [4.78, 5) is 14.1. The van der Waals surface area contributed by atoms with Crippen molar-refractivity contribution in [3.63, 3.8) is 0 Å². The molecule has 0 unspecified atom stereocenters. The SMILES string of the molecule is Cc1cc(C)c(C)cc1C.Cc1ccc(-c2ccc(C)c(C)c2)cc1C.Cc1ccc(C(=O)c2ccc(C)c(C)c2)cc1C.Cc1ccc(C(C)(c2ccc(C)c(C)c2)C(F)(F)F)cc1C.Cc1ccc(Oc2ccc(C)c(C)c2)cc1C.Cc1ccc(S(=O)c2ccc(C)c(C)c2)cc1C. The van der Waals surface area contributed by atoms with Crippen LogP contribution >= 0.6 is 0 Å². The molecule has 11 aromatic rings. The molecule has 528 valence electrons. The molecule has 0 bridgehead atoms. The molecule has 101 heavy (non-hydrogen) atoms. The van der Waals surface area contributed by atoms with Crippen molar-refractivity contribution < 1.29 is 26.9 Å². The van der Waals surface area contributed by atoms with Crippen LogP contribution in [0.4, 0.5) is 13.2 Å². The number of ketones is 1. The normalized spacial score (nSPS) is 10.9. The van der Waals surface area contributed by atoms with Gasteiger partial charge >= 0.3 is 6.18 Å². The molecule has 0 N–H and O–H groups in total. The largest absolute Gasteiger partial charge is 0.457 e. The summed E-state index contributed by atoms with van der Waals surface area (Å²) in [5.74, 6) is 1.90. The molecule has 3 nitrogen and oxygen atoms in total. The third-order valence-corrected chi connectivity index (χ3v) is 21.7. The number of hydrogen-bond acceptors (Lipinski definition) is 3. The highest BCUT2D eigenvalue weighted by atomic mass is 32.2. The number of aryl methyl sites for hydroxylation is 24. The standard InChI is InChI=1S/C19H21F3.C17H18O.C16H18OS.C16H18O.C16H18.C10H14/c1-12-6-8-16(10-14(12)3)18(5,19(20,21)22)17-9-7-13(2)15(4)11-17;1-11-5-7-15(9-13(11)3)17(18)16-8-6-12(2)14(4)10-16;1-11-5-7-15(9-13(11)3)18(17)16-8-6-12(2)14(4)10-16;1-11-5-7-15(9-13(11)3)17-16-8-6-12(2)14(4)10-16;1-11-5-7-15(9-13(11)3)16-8-6-12(2)14(4)10-16;1-7-5-9(3)10(4)6-8(7)2/h6-11H,1-5H3;2*5-10H,1-4H3;5-10H,1-4H3;5-10H,1-4H3;5-6H,1-4H3. The Bertz CT molecular complexity index is 4350. The maximum atomic E-state index is 13.9. The van der Waals surface area contributed by atoms with Crippen LogP contribution in [0.3, 0.4) is 0 Å². The Morgan fingerprint density at radius 1 is 0.267 bits per heavy atom. The highest BCUT2D eigenvalue weighted by molar-refractivity contribution is 7.85. The number of hydrogen-bond donors (Lipinski definition) is 0. The first kappa shape index (κ1) is 80.8. The van der Waals surface area contributed by atoms with Crippen molar-refractivity contribution in [1.82, 2.24) is 0 Å². The van der Waals surface area contributed by atoms with Crippen LogP contribution in [-0.2, 0) is 16.2 Å². The van der Waals surface area contributed by atoms with Crippen molar-refractivity contribution in [1.29, 1.82) is 0 Å². The highest BCUT2D eigenvalue weighted by Crippen LogP contribution is 2.47. The van der Waals surface area contributed by atoms with Crippen molar-refractivity contribution in [3.8, 4) is 22.6 Å². The van der Waals surface area contributed by atoms with Crippen LogP contribution in [0.1, 0.15) is 167 Å². The molecular weight excluding hydrogens is 1270 g/mol. The van der Waals surface area contributed by atoms with Crippen LogP contribution in [0.2, 0.25) is 0 Å². The molecule has 0 saturated heterocycles. The van der Waals surface area contributed by atoms with Crippen molar-refractivity contribution in [2.24, 2.45) is 0 Å². The van der Waals surface area contributed by atoms with E-state index in [4.69, 9.17) is 4.74 Å². The first-order chi connectivity index (χ1) is 47.3. The molecule has 0 aliphatic carbocycles. The number of alkyl halides is 3. The molecule has 0 spiro atoms. The third kappa shape index (κ3) is 21.7. The molecule has 11 rings (SSSR count). The Balaban J connectivity index is 0.000000193. The fraction of sp³-hybridized carbons (Fsp3) is 0.287. The van der Waals surface area contributed by atoms with Crippen molar-refractivity contribution in [2.45, 2.75) is 194 Å². The molecule has 0 fully saturated rings. The van der Waals surface area contributed by atoms with Gasteiger partial charge in [-0.3, -0.25) is 4.79 Å². The summed E-state index contributed by atoms with van der Waals surface area (Å²) in [6.07, 6.45) is -4.36. The second-order valence-electron chi connectivity index (χ2n) is 28.1. The van der Waals surface area contributed by atoms with Gasteiger partial charge in [-0.25, -0.2) is 4.21 Å². The zero-order valence-electron chi connectivity index (χ0n) is 64.7. The van der Waals surface area contributed by atoms with E-state index in [1.807, 2.05) is 126 Å². The summed E-state index contributed by atoms with van der Waals surface area (Å²) >= 11 is 0. The summed E-state index contributed by atoms with van der Waals surface area (Å²) < 4.78 is 60.2. The van der Waals surface area contributed by atoms with Gasteiger partial charge in [0.05, 0.1) is 10.8 Å². The predicted octanol–water partition coefficient (Wildman–Crippen LogP) is 26.2. The summed E-state index contributed by atoms with van der Waals surface area (Å²) in [5.41, 5.74) is 32.1. The minimum Gasteiger partial charge on any atom is -0.457 e. The maximum Gasteiger partial charge on any atom is 0.402 e. The van der Waals surface area contributed by atoms with Gasteiger partial charge in [-0.05, 0) is 390 Å². The zero-order valence-corrected chi connectivity index (χ0v) is 65.6. The molecule has 0 radical (unpaired) electrons. The number of halogens is 3. The lowest BCUT2D eigenvalue weighted by Gasteiger charge is -2.34. The van der Waals surface area contributed by atoms with E-state index in [1.54, 1.807) is 36.4 Å². The number of rotatable bonds is 9. The van der Waals surface area contributed by atoms with Gasteiger partial charge in [0.15, 0.2) is 5.78 Å². The van der Waals surface area contributed by atoms with Crippen molar-refractivity contribution >= 4 is 16.6 Å². The molecule has 0 aliphatic rings. The molecule has 0 aliphatic heterocycles. The summed E-state index contributed by atoms with van der Waals surface area (Å²) in [5, 5.41) is 0. The number of benzene rings is 11. The number of carbonyl (C=O) groups excluding carboxylic acids is 1. The van der Waals surface area contributed by atoms with E-state index < -0.39 is 22.4 Å². The van der Waals surface area contributed by atoms with Crippen molar-refractivity contribution in [3.05, 3.63) is 350 Å². The number of ether oxygens (including phenoxy) is 1. The van der Waals surface area contributed by atoms with Crippen LogP contribution in [0.25, 0.3) is 11.1 Å². The molecule has 0 amide bonds. The van der Waals surface area contributed by atoms with Crippen LogP contribution < -0.4 is 4.74 Å². The summed E-state index contributed by atoms with van der Waals surface area (Å²) in [7, 11) is -1.08. The van der Waals surface area contributed by atoms with Crippen molar-refractivity contribution in [2.75, 3.05) is 0 Å². The molecular formula is C94H107F3O3S. The summed E-state index contributed by atoms with van der Waals surface area (Å²) in [6, 6.07) is 63.9. The van der Waals surface area contributed by atoms with E-state index in [1.165, 1.54) is 118 Å². The maximum absolute atomic E-state index is 13.9. The first-order valence-electron chi connectivity index (χ1n) is 34.8. The highest BCUT2D eigenvalue weighted by Gasteiger charge is 2.53. The monoisotopic (exact) mass is 1370 g/mol. The second kappa shape index (κ2) is 35.4. The van der Waals surface area contributed by atoms with E-state index in [0.29, 0.717) is 0 Å². The molecule has 0 aromatic heterocycles. The van der Waals surface area contributed by atoms with Gasteiger partial charge in [-0.2, -0.15) is 13.2 Å².